The maximum Gasteiger partial charge on any atom is 0.132 e. The normalized spacial score (nSPS) is 22.3. The number of unbranched alkanes of at least 4 members (excludes halogenated alkanes) is 1. The number of hydrogen-bond acceptors (Lipinski definition) is 2. The maximum absolute atomic E-state index is 9.03. The predicted octanol–water partition coefficient (Wildman–Crippen LogP) is 2.66. The lowest BCUT2D eigenvalue weighted by Crippen LogP contribution is -3.07. The lowest BCUT2D eigenvalue weighted by Gasteiger charge is -2.30. The summed E-state index contributed by atoms with van der Waals surface area (Å²) in [5.74, 6) is 0.620. The fourth-order valence-corrected chi connectivity index (χ4v) is 3.27. The van der Waals surface area contributed by atoms with Crippen molar-refractivity contribution in [2.45, 2.75) is 45.4 Å². The first-order valence-electron chi connectivity index (χ1n) is 7.97. The molecule has 0 aromatic heterocycles. The van der Waals surface area contributed by atoms with Crippen LogP contribution in [0.4, 0.5) is 0 Å². The van der Waals surface area contributed by atoms with Gasteiger partial charge >= 0.3 is 0 Å². The zero-order chi connectivity index (χ0) is 15.2. The summed E-state index contributed by atoms with van der Waals surface area (Å²) >= 11 is 0. The fraction of sp³-hybridized carbons (Fsp3) is 0.556. The van der Waals surface area contributed by atoms with Crippen molar-refractivity contribution in [3.8, 4) is 12.1 Å². The van der Waals surface area contributed by atoms with E-state index in [4.69, 9.17) is 10.5 Å². The number of quaternary nitrogens is 1. The lowest BCUT2D eigenvalue weighted by atomic mass is 9.78. The monoisotopic (exact) mass is 282 g/mol. The van der Waals surface area contributed by atoms with Gasteiger partial charge in [0.25, 0.3) is 0 Å². The van der Waals surface area contributed by atoms with Crippen LogP contribution < -0.4 is 4.90 Å². The highest BCUT2D eigenvalue weighted by Crippen LogP contribution is 2.36. The van der Waals surface area contributed by atoms with E-state index in [1.807, 2.05) is 12.1 Å². The number of fused-ring (bicyclic) bond motifs is 1. The summed E-state index contributed by atoms with van der Waals surface area (Å²) < 4.78 is 0. The molecule has 0 fully saturated rings. The first kappa shape index (κ1) is 15.5. The molecule has 0 spiro atoms. The van der Waals surface area contributed by atoms with E-state index in [0.29, 0.717) is 5.92 Å². The van der Waals surface area contributed by atoms with Gasteiger partial charge in [-0.3, -0.25) is 0 Å². The SMILES string of the molecule is CCCC[NH+](C)C1=CC2=CC(=C(C#N)C#N)CC[C@@H]2CC1. The van der Waals surface area contributed by atoms with Crippen molar-refractivity contribution in [3.63, 3.8) is 0 Å². The Morgan fingerprint density at radius 1 is 1.24 bits per heavy atom. The molecule has 2 aliphatic carbocycles. The molecule has 0 saturated heterocycles. The van der Waals surface area contributed by atoms with E-state index in [1.165, 1.54) is 48.4 Å². The van der Waals surface area contributed by atoms with Crippen LogP contribution in [-0.4, -0.2) is 13.6 Å². The Labute approximate surface area is 127 Å². The molecule has 110 valence electrons. The second-order valence-electron chi connectivity index (χ2n) is 6.10. The molecule has 1 unspecified atom stereocenters. The molecule has 21 heavy (non-hydrogen) atoms. The van der Waals surface area contributed by atoms with Gasteiger partial charge in [-0.2, -0.15) is 10.5 Å². The minimum absolute atomic E-state index is 0.285. The van der Waals surface area contributed by atoms with E-state index in [0.717, 1.165) is 18.4 Å². The molecular weight excluding hydrogens is 258 g/mol. The van der Waals surface area contributed by atoms with Gasteiger partial charge < -0.3 is 4.90 Å². The molecule has 1 N–H and O–H groups in total. The smallest absolute Gasteiger partial charge is 0.132 e. The minimum Gasteiger partial charge on any atom is -0.308 e. The van der Waals surface area contributed by atoms with Gasteiger partial charge in [-0.25, -0.2) is 0 Å². The Balaban J connectivity index is 2.24. The minimum atomic E-state index is 0.285. The van der Waals surface area contributed by atoms with Crippen molar-refractivity contribution < 1.29 is 4.90 Å². The highest BCUT2D eigenvalue weighted by Gasteiger charge is 2.27. The second-order valence-corrected chi connectivity index (χ2v) is 6.10. The zero-order valence-electron chi connectivity index (χ0n) is 13.1. The highest BCUT2D eigenvalue weighted by atomic mass is 15.1. The first-order valence-corrected chi connectivity index (χ1v) is 7.97. The Hall–Kier alpha value is -1.84. The summed E-state index contributed by atoms with van der Waals surface area (Å²) in [6.45, 7) is 3.41. The Bertz CT molecular complexity index is 550. The third kappa shape index (κ3) is 3.63. The van der Waals surface area contributed by atoms with Crippen molar-refractivity contribution >= 4 is 0 Å². The molecule has 0 aliphatic heterocycles. The van der Waals surface area contributed by atoms with Crippen molar-refractivity contribution in [1.82, 2.24) is 0 Å². The predicted molar refractivity (Wildman–Crippen MR) is 83.0 cm³/mol. The van der Waals surface area contributed by atoms with E-state index in [1.54, 1.807) is 0 Å². The third-order valence-electron chi connectivity index (χ3n) is 4.68. The van der Waals surface area contributed by atoms with Crippen LogP contribution in [0.3, 0.4) is 0 Å². The number of hydrogen-bond donors (Lipinski definition) is 1. The maximum atomic E-state index is 9.03. The van der Waals surface area contributed by atoms with E-state index >= 15 is 0 Å². The summed E-state index contributed by atoms with van der Waals surface area (Å²) in [6.07, 6.45) is 11.2. The molecule has 0 radical (unpaired) electrons. The van der Waals surface area contributed by atoms with Crippen molar-refractivity contribution in [1.29, 1.82) is 10.5 Å². The van der Waals surface area contributed by atoms with Crippen molar-refractivity contribution in [2.24, 2.45) is 5.92 Å². The molecule has 3 heteroatoms. The van der Waals surface area contributed by atoms with Gasteiger partial charge in [-0.1, -0.05) is 19.4 Å². The Morgan fingerprint density at radius 3 is 2.62 bits per heavy atom. The quantitative estimate of drug-likeness (QED) is 0.806. The van der Waals surface area contributed by atoms with Crippen LogP contribution >= 0.6 is 0 Å². The van der Waals surface area contributed by atoms with E-state index in [2.05, 4.69) is 26.1 Å². The van der Waals surface area contributed by atoms with E-state index in [9.17, 15) is 0 Å². The van der Waals surface area contributed by atoms with Gasteiger partial charge in [0.05, 0.1) is 13.6 Å². The molecule has 0 aromatic rings. The van der Waals surface area contributed by atoms with Gasteiger partial charge in [0.15, 0.2) is 0 Å². The van der Waals surface area contributed by atoms with Crippen LogP contribution in [0, 0.1) is 28.6 Å². The van der Waals surface area contributed by atoms with Gasteiger partial charge in [0, 0.05) is 6.42 Å². The number of nitriles is 2. The molecule has 0 bridgehead atoms. The average Bonchev–Trinajstić information content (AvgIpc) is 2.53. The second kappa shape index (κ2) is 7.25. The van der Waals surface area contributed by atoms with Gasteiger partial charge in [0.2, 0.25) is 0 Å². The van der Waals surface area contributed by atoms with E-state index in [-0.39, 0.29) is 5.57 Å². The zero-order valence-corrected chi connectivity index (χ0v) is 13.1. The summed E-state index contributed by atoms with van der Waals surface area (Å²) in [5.41, 5.74) is 4.02. The molecule has 2 atom stereocenters. The first-order chi connectivity index (χ1) is 10.2. The molecule has 0 heterocycles. The van der Waals surface area contributed by atoms with Crippen molar-refractivity contribution in [3.05, 3.63) is 34.6 Å². The molecule has 0 saturated carbocycles. The number of nitrogens with zero attached hydrogens (tertiary/aromatic N) is 2. The molecule has 2 rings (SSSR count). The number of nitrogens with one attached hydrogen (secondary N) is 1. The third-order valence-corrected chi connectivity index (χ3v) is 4.68. The van der Waals surface area contributed by atoms with Crippen molar-refractivity contribution in [2.75, 3.05) is 13.6 Å². The largest absolute Gasteiger partial charge is 0.308 e. The molecule has 0 aromatic carbocycles. The molecule has 3 nitrogen and oxygen atoms in total. The van der Waals surface area contributed by atoms with Gasteiger partial charge in [0.1, 0.15) is 23.4 Å². The van der Waals surface area contributed by atoms with Gasteiger partial charge in [-0.05, 0) is 48.8 Å². The topological polar surface area (TPSA) is 52.0 Å². The summed E-state index contributed by atoms with van der Waals surface area (Å²) in [7, 11) is 2.25. The molecule has 0 amide bonds. The van der Waals surface area contributed by atoms with Crippen LogP contribution in [0.15, 0.2) is 34.6 Å². The Morgan fingerprint density at radius 2 is 1.95 bits per heavy atom. The summed E-state index contributed by atoms with van der Waals surface area (Å²) in [4.78, 5) is 1.51. The summed E-state index contributed by atoms with van der Waals surface area (Å²) in [6, 6.07) is 4.05. The average molecular weight is 282 g/mol. The fourth-order valence-electron chi connectivity index (χ4n) is 3.27. The van der Waals surface area contributed by atoms with Gasteiger partial charge in [-0.15, -0.1) is 0 Å². The molecular formula is C18H24N3+. The van der Waals surface area contributed by atoms with Crippen LogP contribution in [0.25, 0.3) is 0 Å². The van der Waals surface area contributed by atoms with Crippen LogP contribution in [0.1, 0.15) is 45.4 Å². The number of rotatable bonds is 4. The van der Waals surface area contributed by atoms with E-state index < -0.39 is 0 Å². The summed E-state index contributed by atoms with van der Waals surface area (Å²) in [5, 5.41) is 18.1. The van der Waals surface area contributed by atoms with Crippen LogP contribution in [0.5, 0.6) is 0 Å². The standard InChI is InChI=1S/C18H23N3/c1-3-4-9-21(2)18-8-7-14-5-6-15(10-16(14)11-18)17(12-19)13-20/h10-11,14H,3-9H2,1-2H3/p+1/t14-/m1/s1. The Kier molecular flexibility index (Phi) is 5.37. The lowest BCUT2D eigenvalue weighted by molar-refractivity contribution is -0.841. The highest BCUT2D eigenvalue weighted by molar-refractivity contribution is 5.49. The number of allylic oxidation sites excluding steroid dienone is 6. The van der Waals surface area contributed by atoms with Crippen LogP contribution in [-0.2, 0) is 0 Å². The molecule has 2 aliphatic rings. The van der Waals surface area contributed by atoms with Crippen LogP contribution in [0.2, 0.25) is 0 Å².